The first-order valence-corrected chi connectivity index (χ1v) is 10.9. The molecule has 1 saturated heterocycles. The number of anilines is 1. The Labute approximate surface area is 193 Å². The van der Waals surface area contributed by atoms with Gasteiger partial charge in [-0.1, -0.05) is 30.3 Å². The highest BCUT2D eigenvalue weighted by Crippen LogP contribution is 2.22. The van der Waals surface area contributed by atoms with Crippen molar-refractivity contribution >= 4 is 17.6 Å². The molecule has 4 rings (SSSR count). The van der Waals surface area contributed by atoms with Gasteiger partial charge in [0.25, 0.3) is 0 Å². The van der Waals surface area contributed by atoms with Crippen molar-refractivity contribution in [2.75, 3.05) is 31.6 Å². The molecule has 1 aliphatic heterocycles. The molecular weight excluding hydrogens is 418 g/mol. The first-order valence-electron chi connectivity index (χ1n) is 10.9. The zero-order valence-electron chi connectivity index (χ0n) is 18.3. The van der Waals surface area contributed by atoms with Crippen LogP contribution in [0.3, 0.4) is 0 Å². The van der Waals surface area contributed by atoms with Gasteiger partial charge in [-0.2, -0.15) is 0 Å². The minimum atomic E-state index is -0.921. The number of carbonyl (C=O) groups excluding carboxylic acids is 1. The molecule has 0 aliphatic carbocycles. The van der Waals surface area contributed by atoms with Crippen LogP contribution in [0.25, 0.3) is 0 Å². The number of hydrogen-bond donors (Lipinski definition) is 2. The van der Waals surface area contributed by atoms with E-state index >= 15 is 0 Å². The van der Waals surface area contributed by atoms with E-state index in [2.05, 4.69) is 15.1 Å². The molecular formula is C26H27N3O4. The number of aromatic carboxylic acids is 1. The highest BCUT2D eigenvalue weighted by Gasteiger charge is 2.20. The lowest BCUT2D eigenvalue weighted by molar-refractivity contribution is -0.118. The maximum Gasteiger partial charge on any atom is 0.335 e. The first-order chi connectivity index (χ1) is 16.0. The van der Waals surface area contributed by atoms with E-state index in [0.717, 1.165) is 43.1 Å². The zero-order chi connectivity index (χ0) is 23.0. The summed E-state index contributed by atoms with van der Waals surface area (Å²) >= 11 is 0. The summed E-state index contributed by atoms with van der Waals surface area (Å²) in [5, 5.41) is 12.0. The quantitative estimate of drug-likeness (QED) is 0.539. The van der Waals surface area contributed by atoms with Crippen LogP contribution in [-0.4, -0.2) is 53.1 Å². The van der Waals surface area contributed by atoms with E-state index in [1.54, 1.807) is 12.1 Å². The molecule has 170 valence electrons. The van der Waals surface area contributed by atoms with E-state index < -0.39 is 5.97 Å². The lowest BCUT2D eigenvalue weighted by Crippen LogP contribution is -2.47. The van der Waals surface area contributed by atoms with Crippen molar-refractivity contribution in [1.29, 1.82) is 0 Å². The third-order valence-corrected chi connectivity index (χ3v) is 5.44. The summed E-state index contributed by atoms with van der Waals surface area (Å²) in [7, 11) is 0. The molecule has 1 heterocycles. The average Bonchev–Trinajstić information content (AvgIpc) is 2.81. The third kappa shape index (κ3) is 6.65. The smallest absolute Gasteiger partial charge is 0.335 e. The molecule has 0 bridgehead atoms. The van der Waals surface area contributed by atoms with Crippen molar-refractivity contribution in [2.45, 2.75) is 13.0 Å². The number of carboxylic acids is 1. The van der Waals surface area contributed by atoms with Gasteiger partial charge in [-0.25, -0.2) is 4.79 Å². The largest absolute Gasteiger partial charge is 0.478 e. The molecule has 0 aromatic heterocycles. The molecule has 33 heavy (non-hydrogen) atoms. The number of rotatable bonds is 8. The van der Waals surface area contributed by atoms with Crippen LogP contribution in [0.5, 0.6) is 11.5 Å². The first kappa shape index (κ1) is 22.5. The predicted octanol–water partition coefficient (Wildman–Crippen LogP) is 4.28. The summed E-state index contributed by atoms with van der Waals surface area (Å²) in [6.45, 7) is 3.54. The van der Waals surface area contributed by atoms with Gasteiger partial charge in [-0.05, 0) is 60.5 Å². The van der Waals surface area contributed by atoms with E-state index in [4.69, 9.17) is 9.84 Å². The molecule has 3 aromatic carbocycles. The standard InChI is InChI=1S/C26H27N3O4/c30-25(27-22-11-13-24(14-12-22)33-23-5-2-1-3-6-23)18-29-16-4-15-28(19-29)17-20-7-9-21(10-8-20)26(31)32/h1-3,5-14H,4,15-19H2,(H,27,30)(H,31,32). The van der Waals surface area contributed by atoms with Gasteiger partial charge < -0.3 is 15.2 Å². The Kier molecular flexibility index (Phi) is 7.34. The molecule has 1 fully saturated rings. The van der Waals surface area contributed by atoms with Crippen molar-refractivity contribution in [3.63, 3.8) is 0 Å². The predicted molar refractivity (Wildman–Crippen MR) is 126 cm³/mol. The number of amides is 1. The second kappa shape index (κ2) is 10.8. The third-order valence-electron chi connectivity index (χ3n) is 5.44. The fourth-order valence-corrected chi connectivity index (χ4v) is 3.85. The van der Waals surface area contributed by atoms with Crippen LogP contribution < -0.4 is 10.1 Å². The second-order valence-electron chi connectivity index (χ2n) is 8.09. The Morgan fingerprint density at radius 1 is 0.848 bits per heavy atom. The van der Waals surface area contributed by atoms with E-state index in [-0.39, 0.29) is 11.5 Å². The molecule has 0 atom stereocenters. The van der Waals surface area contributed by atoms with Crippen molar-refractivity contribution in [2.24, 2.45) is 0 Å². The molecule has 1 amide bonds. The van der Waals surface area contributed by atoms with E-state index in [9.17, 15) is 9.59 Å². The zero-order valence-corrected chi connectivity index (χ0v) is 18.3. The Morgan fingerprint density at radius 2 is 1.52 bits per heavy atom. The van der Waals surface area contributed by atoms with Crippen LogP contribution in [0.4, 0.5) is 5.69 Å². The van der Waals surface area contributed by atoms with Gasteiger partial charge in [0.05, 0.1) is 18.8 Å². The summed E-state index contributed by atoms with van der Waals surface area (Å²) in [5.74, 6) is 0.499. The maximum atomic E-state index is 12.6. The van der Waals surface area contributed by atoms with Gasteiger partial charge in [0.15, 0.2) is 0 Å². The molecule has 0 radical (unpaired) electrons. The van der Waals surface area contributed by atoms with Gasteiger partial charge in [0.2, 0.25) is 5.91 Å². The van der Waals surface area contributed by atoms with Gasteiger partial charge in [0, 0.05) is 25.3 Å². The van der Waals surface area contributed by atoms with Gasteiger partial charge in [-0.3, -0.25) is 14.6 Å². The Hall–Kier alpha value is -3.68. The fraction of sp³-hybridized carbons (Fsp3) is 0.231. The number of benzene rings is 3. The van der Waals surface area contributed by atoms with E-state index in [1.807, 2.05) is 66.7 Å². The number of carbonyl (C=O) groups is 2. The second-order valence-corrected chi connectivity index (χ2v) is 8.09. The van der Waals surface area contributed by atoms with E-state index in [1.165, 1.54) is 0 Å². The average molecular weight is 446 g/mol. The summed E-state index contributed by atoms with van der Waals surface area (Å²) in [6, 6.07) is 23.8. The molecule has 3 aromatic rings. The molecule has 2 N–H and O–H groups in total. The van der Waals surface area contributed by atoms with Crippen LogP contribution in [0.1, 0.15) is 22.3 Å². The molecule has 1 aliphatic rings. The number of para-hydroxylation sites is 1. The summed E-state index contributed by atoms with van der Waals surface area (Å²) < 4.78 is 5.78. The molecule has 0 spiro atoms. The molecule has 0 unspecified atom stereocenters. The van der Waals surface area contributed by atoms with Crippen LogP contribution >= 0.6 is 0 Å². The number of hydrogen-bond acceptors (Lipinski definition) is 5. The van der Waals surface area contributed by atoms with Crippen molar-refractivity contribution in [1.82, 2.24) is 9.80 Å². The highest BCUT2D eigenvalue weighted by molar-refractivity contribution is 5.92. The molecule has 0 saturated carbocycles. The minimum absolute atomic E-state index is 0.0561. The number of carboxylic acid groups (broad SMARTS) is 1. The number of ether oxygens (including phenoxy) is 1. The lowest BCUT2D eigenvalue weighted by atomic mass is 10.1. The number of nitrogens with one attached hydrogen (secondary N) is 1. The summed E-state index contributed by atoms with van der Waals surface area (Å²) in [4.78, 5) is 28.0. The monoisotopic (exact) mass is 445 g/mol. The normalized spacial score (nSPS) is 14.5. The number of nitrogens with zero attached hydrogens (tertiary/aromatic N) is 2. The van der Waals surface area contributed by atoms with Crippen LogP contribution in [0, 0.1) is 0 Å². The maximum absolute atomic E-state index is 12.6. The molecule has 7 heteroatoms. The fourth-order valence-electron chi connectivity index (χ4n) is 3.85. The van der Waals surface area contributed by atoms with Gasteiger partial charge in [-0.15, -0.1) is 0 Å². The topological polar surface area (TPSA) is 82.1 Å². The van der Waals surface area contributed by atoms with Gasteiger partial charge in [0.1, 0.15) is 11.5 Å². The van der Waals surface area contributed by atoms with Gasteiger partial charge >= 0.3 is 5.97 Å². The molecule has 7 nitrogen and oxygen atoms in total. The minimum Gasteiger partial charge on any atom is -0.478 e. The van der Waals surface area contributed by atoms with Crippen LogP contribution in [0.15, 0.2) is 78.9 Å². The van der Waals surface area contributed by atoms with E-state index in [0.29, 0.717) is 19.0 Å². The highest BCUT2D eigenvalue weighted by atomic mass is 16.5. The lowest BCUT2D eigenvalue weighted by Gasteiger charge is -2.35. The van der Waals surface area contributed by atoms with Crippen LogP contribution in [-0.2, 0) is 11.3 Å². The SMILES string of the molecule is O=C(CN1CCCN(Cc2ccc(C(=O)O)cc2)C1)Nc1ccc(Oc2ccccc2)cc1. The van der Waals surface area contributed by atoms with Crippen molar-refractivity contribution < 1.29 is 19.4 Å². The Bertz CT molecular complexity index is 1070. The van der Waals surface area contributed by atoms with Crippen molar-refractivity contribution in [3.05, 3.63) is 90.0 Å². The summed E-state index contributed by atoms with van der Waals surface area (Å²) in [6.07, 6.45) is 0.978. The van der Waals surface area contributed by atoms with Crippen LogP contribution in [0.2, 0.25) is 0 Å². The van der Waals surface area contributed by atoms with Crippen molar-refractivity contribution in [3.8, 4) is 11.5 Å². The Balaban J connectivity index is 1.25. The Morgan fingerprint density at radius 3 is 2.21 bits per heavy atom. The summed E-state index contributed by atoms with van der Waals surface area (Å²) in [5.41, 5.74) is 2.08.